The second kappa shape index (κ2) is 8.11. The number of nitrogens with one attached hydrogen (secondary N) is 1. The first-order valence-electron chi connectivity index (χ1n) is 7.20. The number of amides is 2. The van der Waals surface area contributed by atoms with E-state index < -0.39 is 6.03 Å². The minimum Gasteiger partial charge on any atom is -0.493 e. The van der Waals surface area contributed by atoms with Crippen molar-refractivity contribution in [1.29, 1.82) is 5.41 Å². The molecule has 0 radical (unpaired) electrons. The van der Waals surface area contributed by atoms with Crippen molar-refractivity contribution in [3.05, 3.63) is 12.1 Å². The maximum Gasteiger partial charge on any atom is 0.330 e. The van der Waals surface area contributed by atoms with Crippen molar-refractivity contribution < 1.29 is 19.0 Å². The summed E-state index contributed by atoms with van der Waals surface area (Å²) in [5.41, 5.74) is 5.80. The Labute approximate surface area is 136 Å². The number of rotatable bonds is 6. The van der Waals surface area contributed by atoms with Crippen molar-refractivity contribution in [3.8, 4) is 17.2 Å². The van der Waals surface area contributed by atoms with Crippen LogP contribution in [0.15, 0.2) is 12.1 Å². The van der Waals surface area contributed by atoms with Crippen molar-refractivity contribution in [2.45, 2.75) is 13.8 Å². The van der Waals surface area contributed by atoms with Crippen molar-refractivity contribution in [3.63, 3.8) is 0 Å². The van der Waals surface area contributed by atoms with Gasteiger partial charge >= 0.3 is 6.03 Å². The highest BCUT2D eigenvalue weighted by molar-refractivity contribution is 6.03. The van der Waals surface area contributed by atoms with Crippen molar-refractivity contribution in [2.24, 2.45) is 5.73 Å². The molecule has 1 aromatic carbocycles. The van der Waals surface area contributed by atoms with Gasteiger partial charge in [0.15, 0.2) is 17.5 Å². The van der Waals surface area contributed by atoms with Crippen LogP contribution in [-0.2, 0) is 0 Å². The molecule has 1 aromatic rings. The van der Waals surface area contributed by atoms with E-state index in [1.165, 1.54) is 19.1 Å². The Bertz CT molecular complexity index is 577. The molecule has 0 heterocycles. The number of anilines is 1. The largest absolute Gasteiger partial charge is 0.493 e. The molecule has 0 unspecified atom stereocenters. The van der Waals surface area contributed by atoms with Crippen LogP contribution >= 0.6 is 0 Å². The summed E-state index contributed by atoms with van der Waals surface area (Å²) in [5, 5.41) is 7.40. The maximum atomic E-state index is 12.5. The highest BCUT2D eigenvalue weighted by Crippen LogP contribution is 2.44. The summed E-state index contributed by atoms with van der Waals surface area (Å²) in [6, 6.07) is 2.93. The van der Waals surface area contributed by atoms with Crippen LogP contribution in [0.4, 0.5) is 10.5 Å². The van der Waals surface area contributed by atoms with E-state index in [-0.39, 0.29) is 5.96 Å². The minimum absolute atomic E-state index is 0.360. The van der Waals surface area contributed by atoms with Crippen molar-refractivity contribution in [2.75, 3.05) is 39.3 Å². The van der Waals surface area contributed by atoms with Gasteiger partial charge in [0.2, 0.25) is 0 Å². The molecule has 0 saturated carbocycles. The number of hydrogen-bond donors (Lipinski definition) is 2. The lowest BCUT2D eigenvalue weighted by molar-refractivity contribution is 0.232. The number of benzene rings is 1. The van der Waals surface area contributed by atoms with Crippen LogP contribution in [0.2, 0.25) is 0 Å². The lowest BCUT2D eigenvalue weighted by atomic mass is 10.2. The topological polar surface area (TPSA) is 101 Å². The molecule has 1 rings (SSSR count). The number of nitrogens with zero attached hydrogens (tertiary/aromatic N) is 2. The summed E-state index contributed by atoms with van der Waals surface area (Å²) in [7, 11) is 4.50. The zero-order valence-corrected chi connectivity index (χ0v) is 14.2. The molecule has 0 aliphatic carbocycles. The van der Waals surface area contributed by atoms with E-state index in [0.717, 1.165) is 4.90 Å². The van der Waals surface area contributed by atoms with E-state index in [0.29, 0.717) is 36.1 Å². The van der Waals surface area contributed by atoms with Gasteiger partial charge in [0, 0.05) is 14.1 Å². The van der Waals surface area contributed by atoms with Gasteiger partial charge in [-0.25, -0.2) is 4.79 Å². The number of ether oxygens (including phenoxy) is 3. The van der Waals surface area contributed by atoms with Crippen LogP contribution in [0.3, 0.4) is 0 Å². The zero-order valence-electron chi connectivity index (χ0n) is 14.2. The predicted molar refractivity (Wildman–Crippen MR) is 88.8 cm³/mol. The molecule has 2 amide bonds. The van der Waals surface area contributed by atoms with E-state index in [2.05, 4.69) is 0 Å². The molecule has 0 spiro atoms. The number of guanidine groups is 1. The van der Waals surface area contributed by atoms with Gasteiger partial charge in [0.25, 0.3) is 0 Å². The summed E-state index contributed by atoms with van der Waals surface area (Å²) in [6.07, 6.45) is 0. The van der Waals surface area contributed by atoms with Gasteiger partial charge in [0.05, 0.1) is 20.3 Å². The Morgan fingerprint density at radius 1 is 1.17 bits per heavy atom. The van der Waals surface area contributed by atoms with E-state index in [1.54, 1.807) is 19.2 Å². The molecule has 0 aromatic heterocycles. The van der Waals surface area contributed by atoms with Crippen molar-refractivity contribution in [1.82, 2.24) is 4.90 Å². The predicted octanol–water partition coefficient (Wildman–Crippen LogP) is 1.87. The molecular weight excluding hydrogens is 300 g/mol. The molecule has 8 heteroatoms. The Balaban J connectivity index is 3.44. The number of carbonyl (C=O) groups is 1. The van der Waals surface area contributed by atoms with Crippen LogP contribution in [0.5, 0.6) is 17.2 Å². The fourth-order valence-electron chi connectivity index (χ4n) is 1.99. The lowest BCUT2D eigenvalue weighted by Crippen LogP contribution is -2.45. The van der Waals surface area contributed by atoms with E-state index in [1.807, 2.05) is 13.8 Å². The van der Waals surface area contributed by atoms with Gasteiger partial charge < -0.3 is 19.9 Å². The van der Waals surface area contributed by atoms with E-state index >= 15 is 0 Å². The Kier molecular flexibility index (Phi) is 6.49. The second-order valence-electron chi connectivity index (χ2n) is 4.60. The van der Waals surface area contributed by atoms with Crippen LogP contribution in [0.25, 0.3) is 0 Å². The SMILES string of the molecule is CCOc1ccc(OC)c(OCC)c1N(C)C(=O)N(C)C(=N)N. The number of nitrogens with two attached hydrogens (primary N) is 1. The molecular formula is C15H24N4O4. The highest BCUT2D eigenvalue weighted by Gasteiger charge is 2.26. The van der Waals surface area contributed by atoms with E-state index in [4.69, 9.17) is 25.4 Å². The average Bonchev–Trinajstić information content (AvgIpc) is 2.53. The molecule has 3 N–H and O–H groups in total. The molecule has 0 bridgehead atoms. The highest BCUT2D eigenvalue weighted by atomic mass is 16.5. The standard InChI is InChI=1S/C15H24N4O4/c1-6-22-10-8-9-11(21-5)13(23-7-2)12(10)18(3)15(20)19(4)14(16)17/h8-9H,6-7H2,1-5H3,(H3,16,17). The average molecular weight is 324 g/mol. The number of carbonyl (C=O) groups excluding carboxylic acids is 1. The summed E-state index contributed by atoms with van der Waals surface area (Å²) in [6.45, 7) is 4.50. The Morgan fingerprint density at radius 3 is 2.22 bits per heavy atom. The van der Waals surface area contributed by atoms with Gasteiger partial charge in [-0.3, -0.25) is 15.2 Å². The normalized spacial score (nSPS) is 9.96. The molecule has 8 nitrogen and oxygen atoms in total. The molecule has 23 heavy (non-hydrogen) atoms. The van der Waals surface area contributed by atoms with Crippen LogP contribution in [0.1, 0.15) is 13.8 Å². The quantitative estimate of drug-likeness (QED) is 0.614. The van der Waals surface area contributed by atoms with Gasteiger partial charge in [-0.2, -0.15) is 0 Å². The van der Waals surface area contributed by atoms with Crippen LogP contribution in [-0.4, -0.2) is 51.3 Å². The first-order chi connectivity index (χ1) is 10.9. The van der Waals surface area contributed by atoms with Gasteiger partial charge in [-0.05, 0) is 26.0 Å². The lowest BCUT2D eigenvalue weighted by Gasteiger charge is -2.27. The fraction of sp³-hybridized carbons (Fsp3) is 0.467. The summed E-state index contributed by atoms with van der Waals surface area (Å²) < 4.78 is 16.6. The smallest absolute Gasteiger partial charge is 0.330 e. The first kappa shape index (κ1) is 18.4. The summed E-state index contributed by atoms with van der Waals surface area (Å²) in [4.78, 5) is 14.8. The molecule has 0 atom stereocenters. The Morgan fingerprint density at radius 2 is 1.74 bits per heavy atom. The van der Waals surface area contributed by atoms with E-state index in [9.17, 15) is 4.79 Å². The van der Waals surface area contributed by atoms with Gasteiger partial charge in [0.1, 0.15) is 11.4 Å². The Hall–Kier alpha value is -2.64. The third-order valence-corrected chi connectivity index (χ3v) is 3.14. The van der Waals surface area contributed by atoms with Gasteiger partial charge in [-0.1, -0.05) is 0 Å². The minimum atomic E-state index is -0.493. The van der Waals surface area contributed by atoms with Gasteiger partial charge in [-0.15, -0.1) is 0 Å². The zero-order chi connectivity index (χ0) is 17.6. The third-order valence-electron chi connectivity index (χ3n) is 3.14. The molecule has 0 aliphatic heterocycles. The first-order valence-corrected chi connectivity index (χ1v) is 7.20. The second-order valence-corrected chi connectivity index (χ2v) is 4.60. The molecule has 0 saturated heterocycles. The monoisotopic (exact) mass is 324 g/mol. The molecule has 0 fully saturated rings. The fourth-order valence-corrected chi connectivity index (χ4v) is 1.99. The summed E-state index contributed by atoms with van der Waals surface area (Å²) in [5.74, 6) is 0.995. The van der Waals surface area contributed by atoms with Crippen LogP contribution < -0.4 is 24.8 Å². The number of hydrogen-bond acceptors (Lipinski definition) is 5. The van der Waals surface area contributed by atoms with Crippen LogP contribution in [0, 0.1) is 5.41 Å². The molecule has 128 valence electrons. The maximum absolute atomic E-state index is 12.5. The number of urea groups is 1. The summed E-state index contributed by atoms with van der Waals surface area (Å²) >= 11 is 0. The van der Waals surface area contributed by atoms with Crippen molar-refractivity contribution >= 4 is 17.7 Å². The molecule has 0 aliphatic rings. The number of methoxy groups -OCH3 is 1. The third kappa shape index (κ3) is 3.97.